The number of benzene rings is 1. The van der Waals surface area contributed by atoms with Gasteiger partial charge in [0, 0.05) is 25.0 Å². The van der Waals surface area contributed by atoms with Gasteiger partial charge in [0.25, 0.3) is 11.1 Å². The molecule has 2 rings (SSSR count). The van der Waals surface area contributed by atoms with E-state index in [1.165, 1.54) is 30.5 Å². The van der Waals surface area contributed by atoms with E-state index in [1.807, 2.05) is 0 Å². The van der Waals surface area contributed by atoms with Gasteiger partial charge in [0.2, 0.25) is 15.9 Å². The van der Waals surface area contributed by atoms with Gasteiger partial charge in [-0.15, -0.1) is 0 Å². The summed E-state index contributed by atoms with van der Waals surface area (Å²) in [6.07, 6.45) is 1.17. The Balaban J connectivity index is 1.91. The highest BCUT2D eigenvalue weighted by Gasteiger charge is 2.28. The standard InChI is InChI=1S/C15H15N5O5S2/c16-7-10(8-18-5-6-20-13(21)9-26-15(20)23)14(22)19-11-1-3-12(4-2-11)27(17,24)25/h1-4,8,18H,5-6,9H2,(H,19,22)(H2,17,24,25)/b10-8-. The molecule has 1 aromatic rings. The number of carbonyl (C=O) groups is 3. The highest BCUT2D eigenvalue weighted by atomic mass is 32.2. The first-order valence-corrected chi connectivity index (χ1v) is 10.0. The Morgan fingerprint density at radius 3 is 2.52 bits per heavy atom. The number of rotatable bonds is 7. The van der Waals surface area contributed by atoms with Crippen molar-refractivity contribution in [2.24, 2.45) is 5.14 Å². The molecule has 0 unspecified atom stereocenters. The second-order valence-corrected chi connectivity index (χ2v) is 7.74. The molecule has 27 heavy (non-hydrogen) atoms. The molecule has 0 bridgehead atoms. The Kier molecular flexibility index (Phi) is 6.56. The summed E-state index contributed by atoms with van der Waals surface area (Å²) < 4.78 is 22.4. The third-order valence-corrected chi connectivity index (χ3v) is 5.16. The lowest BCUT2D eigenvalue weighted by Crippen LogP contribution is -2.34. The number of thioether (sulfide) groups is 1. The molecule has 0 saturated carbocycles. The summed E-state index contributed by atoms with van der Waals surface area (Å²) >= 11 is 0.923. The minimum atomic E-state index is -3.84. The van der Waals surface area contributed by atoms with E-state index in [9.17, 15) is 22.8 Å². The highest BCUT2D eigenvalue weighted by molar-refractivity contribution is 8.14. The van der Waals surface area contributed by atoms with Gasteiger partial charge < -0.3 is 10.6 Å². The van der Waals surface area contributed by atoms with Gasteiger partial charge in [0.1, 0.15) is 11.6 Å². The second kappa shape index (κ2) is 8.67. The Hall–Kier alpha value is -2.88. The number of sulfonamides is 1. The number of primary sulfonamides is 1. The molecule has 0 aromatic heterocycles. The molecule has 1 fully saturated rings. The maximum Gasteiger partial charge on any atom is 0.288 e. The summed E-state index contributed by atoms with van der Waals surface area (Å²) in [5, 5.41) is 18.9. The number of hydrogen-bond acceptors (Lipinski definition) is 8. The summed E-state index contributed by atoms with van der Waals surface area (Å²) in [5.41, 5.74) is 0.0396. The predicted molar refractivity (Wildman–Crippen MR) is 97.7 cm³/mol. The lowest BCUT2D eigenvalue weighted by atomic mass is 10.2. The van der Waals surface area contributed by atoms with E-state index in [4.69, 9.17) is 10.4 Å². The van der Waals surface area contributed by atoms with Crippen LogP contribution in [0.3, 0.4) is 0 Å². The van der Waals surface area contributed by atoms with Crippen molar-refractivity contribution in [2.75, 3.05) is 24.2 Å². The molecule has 10 nitrogen and oxygen atoms in total. The lowest BCUT2D eigenvalue weighted by Gasteiger charge is -2.12. The molecule has 1 aromatic carbocycles. The number of imide groups is 1. The fraction of sp³-hybridized carbons (Fsp3) is 0.200. The average Bonchev–Trinajstić information content (AvgIpc) is 2.93. The first-order valence-electron chi connectivity index (χ1n) is 7.47. The van der Waals surface area contributed by atoms with Gasteiger partial charge in [-0.3, -0.25) is 19.3 Å². The molecule has 0 aliphatic carbocycles. The predicted octanol–water partition coefficient (Wildman–Crippen LogP) is -0.0350. The van der Waals surface area contributed by atoms with Crippen LogP contribution in [0.25, 0.3) is 0 Å². The molecule has 1 aliphatic heterocycles. The van der Waals surface area contributed by atoms with Gasteiger partial charge in [-0.2, -0.15) is 5.26 Å². The van der Waals surface area contributed by atoms with Crippen LogP contribution in [0.2, 0.25) is 0 Å². The molecule has 0 spiro atoms. The molecule has 12 heteroatoms. The number of nitrogens with one attached hydrogen (secondary N) is 2. The summed E-state index contributed by atoms with van der Waals surface area (Å²) in [4.78, 5) is 35.9. The zero-order chi connectivity index (χ0) is 20.0. The van der Waals surface area contributed by atoms with Crippen molar-refractivity contribution in [3.05, 3.63) is 36.0 Å². The molecule has 1 saturated heterocycles. The third kappa shape index (κ3) is 5.55. The largest absolute Gasteiger partial charge is 0.388 e. The smallest absolute Gasteiger partial charge is 0.288 e. The number of nitrogens with zero attached hydrogens (tertiary/aromatic N) is 2. The van der Waals surface area contributed by atoms with Crippen LogP contribution in [0.4, 0.5) is 10.5 Å². The molecular formula is C15H15N5O5S2. The summed E-state index contributed by atoms with van der Waals surface area (Å²) in [6.45, 7) is 0.302. The monoisotopic (exact) mass is 409 g/mol. The lowest BCUT2D eigenvalue weighted by molar-refractivity contribution is -0.124. The summed E-state index contributed by atoms with van der Waals surface area (Å²) in [5.74, 6) is -0.876. The van der Waals surface area contributed by atoms with Gasteiger partial charge >= 0.3 is 0 Å². The number of nitriles is 1. The Bertz CT molecular complexity index is 918. The zero-order valence-electron chi connectivity index (χ0n) is 13.8. The van der Waals surface area contributed by atoms with E-state index in [2.05, 4.69) is 10.6 Å². The minimum absolute atomic E-state index is 0.109. The van der Waals surface area contributed by atoms with E-state index < -0.39 is 15.9 Å². The topological polar surface area (TPSA) is 162 Å². The molecule has 1 heterocycles. The fourth-order valence-electron chi connectivity index (χ4n) is 2.02. The molecule has 0 atom stereocenters. The van der Waals surface area contributed by atoms with Crippen LogP contribution >= 0.6 is 11.8 Å². The normalized spacial score (nSPS) is 14.8. The van der Waals surface area contributed by atoms with Crippen molar-refractivity contribution in [2.45, 2.75) is 4.90 Å². The van der Waals surface area contributed by atoms with Crippen LogP contribution in [-0.4, -0.2) is 49.2 Å². The first kappa shape index (κ1) is 20.4. The Morgan fingerprint density at radius 2 is 2.00 bits per heavy atom. The second-order valence-electron chi connectivity index (χ2n) is 5.25. The molecular weight excluding hydrogens is 394 g/mol. The first-order chi connectivity index (χ1) is 12.7. The molecule has 3 amide bonds. The van der Waals surface area contributed by atoms with Gasteiger partial charge in [0.15, 0.2) is 0 Å². The van der Waals surface area contributed by atoms with Crippen LogP contribution < -0.4 is 15.8 Å². The van der Waals surface area contributed by atoms with Crippen molar-refractivity contribution < 1.29 is 22.8 Å². The minimum Gasteiger partial charge on any atom is -0.388 e. The Labute approximate surface area is 159 Å². The van der Waals surface area contributed by atoms with E-state index in [1.54, 1.807) is 6.07 Å². The van der Waals surface area contributed by atoms with E-state index in [0.717, 1.165) is 16.7 Å². The molecule has 0 radical (unpaired) electrons. The molecule has 142 valence electrons. The van der Waals surface area contributed by atoms with Crippen LogP contribution in [0, 0.1) is 11.3 Å². The quantitative estimate of drug-likeness (QED) is 0.321. The van der Waals surface area contributed by atoms with Crippen LogP contribution in [0.15, 0.2) is 40.9 Å². The average molecular weight is 409 g/mol. The van der Waals surface area contributed by atoms with Crippen LogP contribution in [0.1, 0.15) is 0 Å². The highest BCUT2D eigenvalue weighted by Crippen LogP contribution is 2.17. The van der Waals surface area contributed by atoms with Crippen molar-refractivity contribution in [3.63, 3.8) is 0 Å². The maximum absolute atomic E-state index is 12.1. The summed E-state index contributed by atoms with van der Waals surface area (Å²) in [6, 6.07) is 6.84. The number of nitrogens with two attached hydrogens (primary N) is 1. The van der Waals surface area contributed by atoms with E-state index in [0.29, 0.717) is 0 Å². The number of amides is 3. The van der Waals surface area contributed by atoms with Crippen molar-refractivity contribution in [1.82, 2.24) is 10.2 Å². The van der Waals surface area contributed by atoms with Gasteiger partial charge in [-0.05, 0) is 24.3 Å². The third-order valence-electron chi connectivity index (χ3n) is 3.37. The van der Waals surface area contributed by atoms with Gasteiger partial charge in [-0.25, -0.2) is 13.6 Å². The van der Waals surface area contributed by atoms with Crippen molar-refractivity contribution in [1.29, 1.82) is 5.26 Å². The number of carbonyl (C=O) groups excluding carboxylic acids is 3. The van der Waals surface area contributed by atoms with E-state index >= 15 is 0 Å². The summed E-state index contributed by atoms with van der Waals surface area (Å²) in [7, 11) is -3.84. The van der Waals surface area contributed by atoms with E-state index in [-0.39, 0.29) is 46.1 Å². The van der Waals surface area contributed by atoms with Gasteiger partial charge in [0.05, 0.1) is 10.6 Å². The van der Waals surface area contributed by atoms with Crippen molar-refractivity contribution >= 4 is 44.5 Å². The van der Waals surface area contributed by atoms with Crippen molar-refractivity contribution in [3.8, 4) is 6.07 Å². The zero-order valence-corrected chi connectivity index (χ0v) is 15.5. The number of anilines is 1. The fourth-order valence-corrected chi connectivity index (χ4v) is 3.29. The van der Waals surface area contributed by atoms with Gasteiger partial charge in [-0.1, -0.05) is 11.8 Å². The SMILES string of the molecule is N#C/C(=C/NCCN1C(=O)CSC1=O)C(=O)Nc1ccc(S(N)(=O)=O)cc1. The number of hydrogen-bond donors (Lipinski definition) is 3. The Morgan fingerprint density at radius 1 is 1.33 bits per heavy atom. The molecule has 4 N–H and O–H groups in total. The van der Waals surface area contributed by atoms with Crippen LogP contribution in [-0.2, 0) is 19.6 Å². The van der Waals surface area contributed by atoms with Crippen LogP contribution in [0.5, 0.6) is 0 Å². The maximum atomic E-state index is 12.1. The molecule has 1 aliphatic rings.